The highest BCUT2D eigenvalue weighted by Gasteiger charge is 2.23. The minimum absolute atomic E-state index is 0.0708. The van der Waals surface area contributed by atoms with Crippen LogP contribution in [0.2, 0.25) is 0 Å². The van der Waals surface area contributed by atoms with Crippen LogP contribution in [0.4, 0.5) is 0 Å². The summed E-state index contributed by atoms with van der Waals surface area (Å²) in [4.78, 5) is 12.0. The fraction of sp³-hybridized carbons (Fsp3) is 0.938. The van der Waals surface area contributed by atoms with E-state index in [2.05, 4.69) is 24.5 Å². The molecule has 3 nitrogen and oxygen atoms in total. The second-order valence-corrected chi connectivity index (χ2v) is 6.07. The Labute approximate surface area is 118 Å². The summed E-state index contributed by atoms with van der Waals surface area (Å²) in [6, 6.07) is 0.384. The van der Waals surface area contributed by atoms with Crippen molar-refractivity contribution in [2.24, 2.45) is 5.92 Å². The van der Waals surface area contributed by atoms with Gasteiger partial charge in [0.2, 0.25) is 5.91 Å². The van der Waals surface area contributed by atoms with Crippen molar-refractivity contribution in [1.82, 2.24) is 10.6 Å². The van der Waals surface area contributed by atoms with Crippen LogP contribution in [0.15, 0.2) is 0 Å². The fourth-order valence-corrected chi connectivity index (χ4v) is 2.98. The van der Waals surface area contributed by atoms with Crippen molar-refractivity contribution in [3.8, 4) is 0 Å². The SMILES string of the molecule is CCCCCNC(=O)C(C)N[C@@H](C)C1CCCCC1. The van der Waals surface area contributed by atoms with Crippen LogP contribution in [0.3, 0.4) is 0 Å². The van der Waals surface area contributed by atoms with Crippen LogP contribution in [0.25, 0.3) is 0 Å². The molecule has 0 bridgehead atoms. The molecule has 1 amide bonds. The Kier molecular flexibility index (Phi) is 8.11. The van der Waals surface area contributed by atoms with E-state index >= 15 is 0 Å². The average Bonchev–Trinajstić information content (AvgIpc) is 2.44. The molecule has 0 saturated heterocycles. The summed E-state index contributed by atoms with van der Waals surface area (Å²) in [6.07, 6.45) is 10.2. The van der Waals surface area contributed by atoms with Gasteiger partial charge in [-0.25, -0.2) is 0 Å². The lowest BCUT2D eigenvalue weighted by Gasteiger charge is -2.30. The largest absolute Gasteiger partial charge is 0.355 e. The van der Waals surface area contributed by atoms with Crippen LogP contribution in [-0.2, 0) is 4.79 Å². The normalized spacial score (nSPS) is 19.9. The lowest BCUT2D eigenvalue weighted by molar-refractivity contribution is -0.123. The maximum atomic E-state index is 12.0. The number of amides is 1. The van der Waals surface area contributed by atoms with E-state index in [9.17, 15) is 4.79 Å². The molecule has 2 N–H and O–H groups in total. The monoisotopic (exact) mass is 268 g/mol. The summed E-state index contributed by atoms with van der Waals surface area (Å²) in [6.45, 7) is 7.21. The summed E-state index contributed by atoms with van der Waals surface area (Å²) < 4.78 is 0. The molecule has 0 spiro atoms. The first-order valence-corrected chi connectivity index (χ1v) is 8.19. The van der Waals surface area contributed by atoms with E-state index in [0.717, 1.165) is 18.9 Å². The lowest BCUT2D eigenvalue weighted by Crippen LogP contribution is -2.48. The average molecular weight is 268 g/mol. The van der Waals surface area contributed by atoms with Crippen molar-refractivity contribution < 1.29 is 4.79 Å². The molecule has 0 aliphatic heterocycles. The van der Waals surface area contributed by atoms with E-state index in [4.69, 9.17) is 0 Å². The minimum atomic E-state index is -0.0708. The Hall–Kier alpha value is -0.570. The molecule has 0 aromatic heterocycles. The highest BCUT2D eigenvalue weighted by molar-refractivity contribution is 5.81. The molecule has 1 aliphatic carbocycles. The van der Waals surface area contributed by atoms with Crippen molar-refractivity contribution in [3.05, 3.63) is 0 Å². The molecule has 3 heteroatoms. The second kappa shape index (κ2) is 9.35. The van der Waals surface area contributed by atoms with Gasteiger partial charge in [-0.15, -0.1) is 0 Å². The van der Waals surface area contributed by atoms with Gasteiger partial charge in [0, 0.05) is 12.6 Å². The Morgan fingerprint density at radius 2 is 1.84 bits per heavy atom. The summed E-state index contributed by atoms with van der Waals surface area (Å²) in [5.74, 6) is 0.905. The number of rotatable bonds is 8. The summed E-state index contributed by atoms with van der Waals surface area (Å²) in [5.41, 5.74) is 0. The molecular weight excluding hydrogens is 236 g/mol. The number of hydrogen-bond donors (Lipinski definition) is 2. The molecule has 112 valence electrons. The van der Waals surface area contributed by atoms with Gasteiger partial charge >= 0.3 is 0 Å². The second-order valence-electron chi connectivity index (χ2n) is 6.07. The molecule has 0 aromatic carbocycles. The topological polar surface area (TPSA) is 41.1 Å². The Morgan fingerprint density at radius 3 is 2.47 bits per heavy atom. The summed E-state index contributed by atoms with van der Waals surface area (Å²) in [5, 5.41) is 6.50. The van der Waals surface area contributed by atoms with Gasteiger partial charge in [-0.3, -0.25) is 4.79 Å². The number of unbranched alkanes of at least 4 members (excludes halogenated alkanes) is 2. The quantitative estimate of drug-likeness (QED) is 0.664. The van der Waals surface area contributed by atoms with Crippen molar-refractivity contribution >= 4 is 5.91 Å². The molecule has 1 rings (SSSR count). The van der Waals surface area contributed by atoms with Crippen LogP contribution in [0, 0.1) is 5.92 Å². The van der Waals surface area contributed by atoms with Gasteiger partial charge in [-0.2, -0.15) is 0 Å². The van der Waals surface area contributed by atoms with Gasteiger partial charge in [0.15, 0.2) is 0 Å². The van der Waals surface area contributed by atoms with Crippen LogP contribution in [0.1, 0.15) is 72.1 Å². The molecular formula is C16H32N2O. The van der Waals surface area contributed by atoms with E-state index < -0.39 is 0 Å². The summed E-state index contributed by atoms with van der Waals surface area (Å²) in [7, 11) is 0. The lowest BCUT2D eigenvalue weighted by atomic mass is 9.84. The number of hydrogen-bond acceptors (Lipinski definition) is 2. The Balaban J connectivity index is 2.20. The Bertz CT molecular complexity index is 249. The first kappa shape index (κ1) is 16.5. The van der Waals surface area contributed by atoms with Crippen molar-refractivity contribution in [2.75, 3.05) is 6.54 Å². The van der Waals surface area contributed by atoms with Gasteiger partial charge in [-0.05, 0) is 39.0 Å². The zero-order valence-corrected chi connectivity index (χ0v) is 13.0. The van der Waals surface area contributed by atoms with Crippen molar-refractivity contribution in [1.29, 1.82) is 0 Å². The standard InChI is InChI=1S/C16H32N2O/c1-4-5-9-12-17-16(19)14(3)18-13(2)15-10-7-6-8-11-15/h13-15,18H,4-12H2,1-3H3,(H,17,19)/t13-,14?/m0/s1. The summed E-state index contributed by atoms with van der Waals surface area (Å²) >= 11 is 0. The Morgan fingerprint density at radius 1 is 1.16 bits per heavy atom. The van der Waals surface area contributed by atoms with Gasteiger partial charge in [0.05, 0.1) is 6.04 Å². The highest BCUT2D eigenvalue weighted by Crippen LogP contribution is 2.26. The van der Waals surface area contributed by atoms with Crippen molar-refractivity contribution in [2.45, 2.75) is 84.2 Å². The van der Waals surface area contributed by atoms with Gasteiger partial charge in [-0.1, -0.05) is 39.0 Å². The van der Waals surface area contributed by atoms with E-state index in [-0.39, 0.29) is 11.9 Å². The zero-order valence-electron chi connectivity index (χ0n) is 13.0. The highest BCUT2D eigenvalue weighted by atomic mass is 16.2. The molecule has 2 atom stereocenters. The van der Waals surface area contributed by atoms with Crippen LogP contribution in [0.5, 0.6) is 0 Å². The van der Waals surface area contributed by atoms with E-state index in [1.54, 1.807) is 0 Å². The van der Waals surface area contributed by atoms with Crippen LogP contribution < -0.4 is 10.6 Å². The molecule has 1 fully saturated rings. The minimum Gasteiger partial charge on any atom is -0.355 e. The maximum Gasteiger partial charge on any atom is 0.236 e. The maximum absolute atomic E-state index is 12.0. The van der Waals surface area contributed by atoms with Gasteiger partial charge in [0.25, 0.3) is 0 Å². The molecule has 19 heavy (non-hydrogen) atoms. The number of carbonyl (C=O) groups excluding carboxylic acids is 1. The third-order valence-corrected chi connectivity index (χ3v) is 4.34. The third kappa shape index (κ3) is 6.42. The molecule has 0 aromatic rings. The van der Waals surface area contributed by atoms with Crippen molar-refractivity contribution in [3.63, 3.8) is 0 Å². The number of carbonyl (C=O) groups is 1. The van der Waals surface area contributed by atoms with Crippen LogP contribution in [-0.4, -0.2) is 24.5 Å². The predicted molar refractivity (Wildman–Crippen MR) is 81.2 cm³/mol. The van der Waals surface area contributed by atoms with E-state index in [0.29, 0.717) is 6.04 Å². The number of nitrogens with one attached hydrogen (secondary N) is 2. The van der Waals surface area contributed by atoms with E-state index in [1.165, 1.54) is 44.9 Å². The smallest absolute Gasteiger partial charge is 0.236 e. The fourth-order valence-electron chi connectivity index (χ4n) is 2.98. The van der Waals surface area contributed by atoms with Crippen LogP contribution >= 0.6 is 0 Å². The molecule has 1 aliphatic rings. The van der Waals surface area contributed by atoms with E-state index in [1.807, 2.05) is 6.92 Å². The predicted octanol–water partition coefficient (Wildman–Crippen LogP) is 3.24. The third-order valence-electron chi connectivity index (χ3n) is 4.34. The van der Waals surface area contributed by atoms with Gasteiger partial charge < -0.3 is 10.6 Å². The molecule has 0 radical (unpaired) electrons. The molecule has 1 saturated carbocycles. The molecule has 1 unspecified atom stereocenters. The first-order chi connectivity index (χ1) is 9.15. The first-order valence-electron chi connectivity index (χ1n) is 8.19. The molecule has 0 heterocycles. The van der Waals surface area contributed by atoms with Gasteiger partial charge in [0.1, 0.15) is 0 Å². The zero-order chi connectivity index (χ0) is 14.1.